The Bertz CT molecular complexity index is 238. The van der Waals surface area contributed by atoms with Crippen molar-refractivity contribution in [3.63, 3.8) is 0 Å². The molecule has 0 aliphatic carbocycles. The highest BCUT2D eigenvalue weighted by Crippen LogP contribution is 1.91. The minimum absolute atomic E-state index is 0.167. The van der Waals surface area contributed by atoms with Crippen molar-refractivity contribution >= 4 is 5.78 Å². The normalized spacial score (nSPS) is 8.20. The van der Waals surface area contributed by atoms with Gasteiger partial charge in [0.15, 0.2) is 0 Å². The highest BCUT2D eigenvalue weighted by Gasteiger charge is 1.77. The number of aliphatic hydroxyl groups excluding tert-OH is 1. The van der Waals surface area contributed by atoms with E-state index in [1.807, 2.05) is 0 Å². The second-order valence-electron chi connectivity index (χ2n) is 3.30. The van der Waals surface area contributed by atoms with Crippen molar-refractivity contribution in [1.29, 1.82) is 0 Å². The second-order valence-corrected chi connectivity index (χ2v) is 3.30. The molecule has 0 aliphatic rings. The number of benzene rings is 1. The lowest BCUT2D eigenvalue weighted by Crippen LogP contribution is -1.85. The van der Waals surface area contributed by atoms with Gasteiger partial charge in [-0.2, -0.15) is 0 Å². The van der Waals surface area contributed by atoms with Gasteiger partial charge >= 0.3 is 0 Å². The van der Waals surface area contributed by atoms with Gasteiger partial charge in [0, 0.05) is 6.10 Å². The molecule has 0 fully saturated rings. The standard InChI is InChI=1S/C6H5F.C3H8O.C3H6O/c7-6-4-2-1-3-5-6;2*1-3(2)4/h1-5H;3-4H,1-2H3;1-2H3. The van der Waals surface area contributed by atoms with Crippen LogP contribution < -0.4 is 0 Å². The minimum atomic E-state index is -0.178. The number of ketones is 1. The Morgan fingerprint density at radius 1 is 1.20 bits per heavy atom. The number of halogens is 1. The van der Waals surface area contributed by atoms with Gasteiger partial charge in [-0.05, 0) is 39.8 Å². The van der Waals surface area contributed by atoms with Crippen molar-refractivity contribution in [1.82, 2.24) is 0 Å². The summed E-state index contributed by atoms with van der Waals surface area (Å²) in [5.41, 5.74) is 0. The Kier molecular flexibility index (Phi) is 11.7. The van der Waals surface area contributed by atoms with Crippen LogP contribution in [0.1, 0.15) is 27.7 Å². The first-order valence-electron chi connectivity index (χ1n) is 4.72. The van der Waals surface area contributed by atoms with Gasteiger partial charge in [0.05, 0.1) is 0 Å². The molecule has 0 spiro atoms. The highest BCUT2D eigenvalue weighted by molar-refractivity contribution is 5.72. The van der Waals surface area contributed by atoms with E-state index in [1.165, 1.54) is 26.0 Å². The number of aliphatic hydroxyl groups is 1. The summed E-state index contributed by atoms with van der Waals surface area (Å²) in [6, 6.07) is 7.94. The van der Waals surface area contributed by atoms with E-state index in [-0.39, 0.29) is 17.7 Å². The molecule has 0 heterocycles. The first kappa shape index (κ1) is 16.2. The molecule has 0 radical (unpaired) electrons. The quantitative estimate of drug-likeness (QED) is 0.721. The lowest BCUT2D eigenvalue weighted by atomic mass is 10.4. The molecule has 0 aromatic heterocycles. The SMILES string of the molecule is CC(C)=O.CC(C)O.Fc1ccccc1. The molecule has 1 N–H and O–H groups in total. The lowest BCUT2D eigenvalue weighted by Gasteiger charge is -1.80. The zero-order chi connectivity index (χ0) is 12.3. The largest absolute Gasteiger partial charge is 0.394 e. The smallest absolute Gasteiger partial charge is 0.126 e. The van der Waals surface area contributed by atoms with E-state index in [1.54, 1.807) is 32.0 Å². The number of carbonyl (C=O) groups is 1. The molecule has 0 atom stereocenters. The van der Waals surface area contributed by atoms with Gasteiger partial charge in [-0.15, -0.1) is 0 Å². The molecule has 15 heavy (non-hydrogen) atoms. The fourth-order valence-corrected chi connectivity index (χ4v) is 0.415. The summed E-state index contributed by atoms with van der Waals surface area (Å²) in [6.07, 6.45) is -0.167. The van der Waals surface area contributed by atoms with Gasteiger partial charge in [-0.1, -0.05) is 18.2 Å². The van der Waals surface area contributed by atoms with E-state index < -0.39 is 0 Å². The van der Waals surface area contributed by atoms with Crippen molar-refractivity contribution in [2.75, 3.05) is 0 Å². The molecule has 86 valence electrons. The van der Waals surface area contributed by atoms with Crippen molar-refractivity contribution in [3.8, 4) is 0 Å². The Labute approximate surface area is 90.8 Å². The average molecular weight is 214 g/mol. The summed E-state index contributed by atoms with van der Waals surface area (Å²) in [7, 11) is 0. The molecule has 0 aliphatic heterocycles. The van der Waals surface area contributed by atoms with Crippen LogP contribution >= 0.6 is 0 Å². The molecule has 2 nitrogen and oxygen atoms in total. The maximum Gasteiger partial charge on any atom is 0.126 e. The Morgan fingerprint density at radius 3 is 1.60 bits per heavy atom. The van der Waals surface area contributed by atoms with Crippen LogP contribution in [0.4, 0.5) is 4.39 Å². The van der Waals surface area contributed by atoms with Gasteiger partial charge in [0.25, 0.3) is 0 Å². The van der Waals surface area contributed by atoms with Crippen LogP contribution in [-0.2, 0) is 4.79 Å². The van der Waals surface area contributed by atoms with Gasteiger partial charge in [0.1, 0.15) is 11.6 Å². The maximum absolute atomic E-state index is 11.9. The maximum atomic E-state index is 11.9. The van der Waals surface area contributed by atoms with Crippen LogP contribution in [0.25, 0.3) is 0 Å². The monoisotopic (exact) mass is 214 g/mol. The zero-order valence-electron chi connectivity index (χ0n) is 9.70. The lowest BCUT2D eigenvalue weighted by molar-refractivity contribution is -0.114. The van der Waals surface area contributed by atoms with Gasteiger partial charge in [-0.25, -0.2) is 4.39 Å². The van der Waals surface area contributed by atoms with Gasteiger partial charge < -0.3 is 9.90 Å². The van der Waals surface area contributed by atoms with Crippen LogP contribution in [0.5, 0.6) is 0 Å². The van der Waals surface area contributed by atoms with Crippen LogP contribution in [-0.4, -0.2) is 17.0 Å². The molecule has 0 amide bonds. The first-order valence-corrected chi connectivity index (χ1v) is 4.72. The molecular formula is C12H19FO2. The molecule has 0 unspecified atom stereocenters. The Hall–Kier alpha value is -1.22. The van der Waals surface area contributed by atoms with Gasteiger partial charge in [-0.3, -0.25) is 0 Å². The second kappa shape index (κ2) is 10.9. The van der Waals surface area contributed by atoms with E-state index in [0.717, 1.165) is 0 Å². The zero-order valence-corrected chi connectivity index (χ0v) is 9.70. The highest BCUT2D eigenvalue weighted by atomic mass is 19.1. The van der Waals surface area contributed by atoms with Crippen molar-refractivity contribution < 1.29 is 14.3 Å². The van der Waals surface area contributed by atoms with E-state index in [9.17, 15) is 9.18 Å². The fraction of sp³-hybridized carbons (Fsp3) is 0.417. The van der Waals surface area contributed by atoms with E-state index in [0.29, 0.717) is 0 Å². The predicted octanol–water partition coefficient (Wildman–Crippen LogP) is 2.81. The Balaban J connectivity index is 0. The molecule has 3 heteroatoms. The summed E-state index contributed by atoms with van der Waals surface area (Å²) in [5.74, 6) is -0.0116. The first-order chi connectivity index (χ1) is 6.86. The van der Waals surface area contributed by atoms with E-state index in [4.69, 9.17) is 5.11 Å². The molecule has 0 saturated heterocycles. The molecule has 0 bridgehead atoms. The van der Waals surface area contributed by atoms with E-state index >= 15 is 0 Å². The van der Waals surface area contributed by atoms with Crippen LogP contribution in [0, 0.1) is 5.82 Å². The summed E-state index contributed by atoms with van der Waals surface area (Å²) in [5, 5.41) is 8.06. The summed E-state index contributed by atoms with van der Waals surface area (Å²) in [4.78, 5) is 9.44. The molecule has 0 saturated carbocycles. The molecule has 1 rings (SSSR count). The van der Waals surface area contributed by atoms with Crippen LogP contribution in [0.2, 0.25) is 0 Å². The molecular weight excluding hydrogens is 195 g/mol. The molecule has 1 aromatic rings. The number of Topliss-reactive ketones (excluding diaryl/α,β-unsaturated/α-hetero) is 1. The van der Waals surface area contributed by atoms with Crippen molar-refractivity contribution in [2.45, 2.75) is 33.8 Å². The average Bonchev–Trinajstić information content (AvgIpc) is 2.03. The minimum Gasteiger partial charge on any atom is -0.394 e. The van der Waals surface area contributed by atoms with Crippen LogP contribution in [0.3, 0.4) is 0 Å². The summed E-state index contributed by atoms with van der Waals surface area (Å²) in [6.45, 7) is 6.50. The number of hydrogen-bond acceptors (Lipinski definition) is 2. The fourth-order valence-electron chi connectivity index (χ4n) is 0.415. The van der Waals surface area contributed by atoms with Crippen molar-refractivity contribution in [3.05, 3.63) is 36.1 Å². The van der Waals surface area contributed by atoms with Crippen LogP contribution in [0.15, 0.2) is 30.3 Å². The molecule has 1 aromatic carbocycles. The topological polar surface area (TPSA) is 37.3 Å². The summed E-state index contributed by atoms with van der Waals surface area (Å²) >= 11 is 0. The number of rotatable bonds is 0. The summed E-state index contributed by atoms with van der Waals surface area (Å²) < 4.78 is 11.9. The third kappa shape index (κ3) is 32.3. The van der Waals surface area contributed by atoms with E-state index in [2.05, 4.69) is 0 Å². The Morgan fingerprint density at radius 2 is 1.47 bits per heavy atom. The number of hydrogen-bond donors (Lipinski definition) is 1. The third-order valence-corrected chi connectivity index (χ3v) is 0.733. The predicted molar refractivity (Wildman–Crippen MR) is 60.1 cm³/mol. The number of carbonyl (C=O) groups excluding carboxylic acids is 1. The van der Waals surface area contributed by atoms with Crippen molar-refractivity contribution in [2.24, 2.45) is 0 Å². The third-order valence-electron chi connectivity index (χ3n) is 0.733. The van der Waals surface area contributed by atoms with Gasteiger partial charge in [0.2, 0.25) is 0 Å².